The summed E-state index contributed by atoms with van der Waals surface area (Å²) in [5, 5.41) is 8.86. The highest BCUT2D eigenvalue weighted by Crippen LogP contribution is 2.31. The quantitative estimate of drug-likeness (QED) is 0.849. The van der Waals surface area contributed by atoms with E-state index < -0.39 is 0 Å². The highest BCUT2D eigenvalue weighted by atomic mass is 19.1. The Morgan fingerprint density at radius 3 is 2.62 bits per heavy atom. The van der Waals surface area contributed by atoms with Crippen LogP contribution in [-0.4, -0.2) is 24.8 Å². The minimum Gasteiger partial charge on any atom is -0.469 e. The van der Waals surface area contributed by atoms with Gasteiger partial charge in [0, 0.05) is 6.61 Å². The number of aliphatic hydroxyl groups is 1. The topological polar surface area (TPSA) is 46.5 Å². The van der Waals surface area contributed by atoms with Crippen molar-refractivity contribution in [3.8, 4) is 0 Å². The SMILES string of the molecule is COC(=O)C1CCC(Cc2ccc(CCO)c(F)c2)CC1. The smallest absolute Gasteiger partial charge is 0.308 e. The summed E-state index contributed by atoms with van der Waals surface area (Å²) in [6.45, 7) is -0.0339. The van der Waals surface area contributed by atoms with Crippen molar-refractivity contribution in [3.05, 3.63) is 35.1 Å². The van der Waals surface area contributed by atoms with Gasteiger partial charge in [-0.2, -0.15) is 0 Å². The van der Waals surface area contributed by atoms with E-state index in [9.17, 15) is 9.18 Å². The Balaban J connectivity index is 1.89. The van der Waals surface area contributed by atoms with Gasteiger partial charge in [0.2, 0.25) is 0 Å². The Kier molecular flexibility index (Phi) is 5.74. The first kappa shape index (κ1) is 16.0. The van der Waals surface area contributed by atoms with Crippen LogP contribution >= 0.6 is 0 Å². The first-order chi connectivity index (χ1) is 10.1. The third-order valence-electron chi connectivity index (χ3n) is 4.40. The molecule has 0 radical (unpaired) electrons. The van der Waals surface area contributed by atoms with Crippen molar-refractivity contribution in [2.75, 3.05) is 13.7 Å². The molecule has 0 bridgehead atoms. The average Bonchev–Trinajstić information content (AvgIpc) is 2.50. The summed E-state index contributed by atoms with van der Waals surface area (Å²) in [4.78, 5) is 11.5. The van der Waals surface area contributed by atoms with E-state index in [0.29, 0.717) is 17.9 Å². The fourth-order valence-electron chi connectivity index (χ4n) is 3.14. The van der Waals surface area contributed by atoms with Crippen molar-refractivity contribution in [2.24, 2.45) is 11.8 Å². The molecule has 1 fully saturated rings. The summed E-state index contributed by atoms with van der Waals surface area (Å²) >= 11 is 0. The van der Waals surface area contributed by atoms with Crippen LogP contribution in [0.15, 0.2) is 18.2 Å². The monoisotopic (exact) mass is 294 g/mol. The summed E-state index contributed by atoms with van der Waals surface area (Å²) in [6, 6.07) is 5.29. The molecule has 0 unspecified atom stereocenters. The van der Waals surface area contributed by atoms with Gasteiger partial charge in [-0.05, 0) is 61.6 Å². The number of hydrogen-bond acceptors (Lipinski definition) is 3. The molecule has 1 aliphatic carbocycles. The van der Waals surface area contributed by atoms with E-state index in [2.05, 4.69) is 0 Å². The molecule has 0 aliphatic heterocycles. The van der Waals surface area contributed by atoms with Crippen LogP contribution in [0.25, 0.3) is 0 Å². The van der Waals surface area contributed by atoms with Gasteiger partial charge in [-0.3, -0.25) is 4.79 Å². The van der Waals surface area contributed by atoms with E-state index in [0.717, 1.165) is 37.7 Å². The first-order valence-corrected chi connectivity index (χ1v) is 7.60. The zero-order valence-corrected chi connectivity index (χ0v) is 12.5. The van der Waals surface area contributed by atoms with E-state index >= 15 is 0 Å². The summed E-state index contributed by atoms with van der Waals surface area (Å²) in [5.41, 5.74) is 1.56. The van der Waals surface area contributed by atoms with Crippen LogP contribution < -0.4 is 0 Å². The van der Waals surface area contributed by atoms with Crippen LogP contribution in [0.2, 0.25) is 0 Å². The third kappa shape index (κ3) is 4.27. The Morgan fingerprint density at radius 1 is 1.33 bits per heavy atom. The van der Waals surface area contributed by atoms with Crippen LogP contribution in [0.4, 0.5) is 4.39 Å². The molecule has 0 heterocycles. The van der Waals surface area contributed by atoms with Gasteiger partial charge in [-0.15, -0.1) is 0 Å². The Bertz CT molecular complexity index is 479. The van der Waals surface area contributed by atoms with Gasteiger partial charge in [0.15, 0.2) is 0 Å². The minimum atomic E-state index is -0.232. The number of rotatable bonds is 5. The number of esters is 1. The molecule has 1 N–H and O–H groups in total. The molecular weight excluding hydrogens is 271 g/mol. The van der Waals surface area contributed by atoms with Gasteiger partial charge in [-0.1, -0.05) is 12.1 Å². The molecule has 3 nitrogen and oxygen atoms in total. The van der Waals surface area contributed by atoms with E-state index in [1.54, 1.807) is 12.1 Å². The molecular formula is C17H23FO3. The summed E-state index contributed by atoms with van der Waals surface area (Å²) in [5.74, 6) is 0.210. The van der Waals surface area contributed by atoms with E-state index in [1.807, 2.05) is 6.07 Å². The maximum Gasteiger partial charge on any atom is 0.308 e. The number of methoxy groups -OCH3 is 1. The highest BCUT2D eigenvalue weighted by Gasteiger charge is 2.26. The van der Waals surface area contributed by atoms with Crippen molar-refractivity contribution in [2.45, 2.75) is 38.5 Å². The predicted molar refractivity (Wildman–Crippen MR) is 78.4 cm³/mol. The number of carbonyl (C=O) groups excluding carboxylic acids is 1. The molecule has 4 heteroatoms. The first-order valence-electron chi connectivity index (χ1n) is 7.60. The molecule has 0 amide bonds. The molecule has 0 aromatic heterocycles. The largest absolute Gasteiger partial charge is 0.469 e. The summed E-state index contributed by atoms with van der Waals surface area (Å²) in [6.07, 6.45) is 4.91. The van der Waals surface area contributed by atoms with Crippen molar-refractivity contribution >= 4 is 5.97 Å². The lowest BCUT2D eigenvalue weighted by Gasteiger charge is -2.27. The number of benzene rings is 1. The maximum atomic E-state index is 13.8. The predicted octanol–water partition coefficient (Wildman–Crippen LogP) is 2.88. The molecule has 21 heavy (non-hydrogen) atoms. The molecule has 0 atom stereocenters. The number of aliphatic hydroxyl groups excluding tert-OH is 1. The maximum absolute atomic E-state index is 13.8. The lowest BCUT2D eigenvalue weighted by molar-refractivity contribution is -0.146. The Labute approximate surface area is 125 Å². The molecule has 1 aliphatic rings. The molecule has 0 saturated heterocycles. The van der Waals surface area contributed by atoms with E-state index in [1.165, 1.54) is 7.11 Å². The van der Waals surface area contributed by atoms with Crippen molar-refractivity contribution in [1.82, 2.24) is 0 Å². The molecule has 116 valence electrons. The average molecular weight is 294 g/mol. The number of hydrogen-bond donors (Lipinski definition) is 1. The second-order valence-electron chi connectivity index (χ2n) is 5.84. The van der Waals surface area contributed by atoms with Crippen molar-refractivity contribution in [1.29, 1.82) is 0 Å². The van der Waals surface area contributed by atoms with Gasteiger partial charge >= 0.3 is 5.97 Å². The second-order valence-corrected chi connectivity index (χ2v) is 5.84. The summed E-state index contributed by atoms with van der Waals surface area (Å²) < 4.78 is 18.6. The van der Waals surface area contributed by atoms with E-state index in [4.69, 9.17) is 9.84 Å². The molecule has 1 aromatic carbocycles. The van der Waals surface area contributed by atoms with Crippen LogP contribution in [-0.2, 0) is 22.4 Å². The van der Waals surface area contributed by atoms with Gasteiger partial charge < -0.3 is 9.84 Å². The van der Waals surface area contributed by atoms with Crippen LogP contribution in [0.5, 0.6) is 0 Å². The third-order valence-corrected chi connectivity index (χ3v) is 4.40. The molecule has 1 aromatic rings. The van der Waals surface area contributed by atoms with Crippen LogP contribution in [0.3, 0.4) is 0 Å². The fraction of sp³-hybridized carbons (Fsp3) is 0.588. The molecule has 0 spiro atoms. The molecule has 2 rings (SSSR count). The zero-order chi connectivity index (χ0) is 15.2. The molecule has 1 saturated carbocycles. The minimum absolute atomic E-state index is 0.0339. The fourth-order valence-corrected chi connectivity index (χ4v) is 3.14. The lowest BCUT2D eigenvalue weighted by Crippen LogP contribution is -2.23. The Hall–Kier alpha value is -1.42. The van der Waals surface area contributed by atoms with E-state index in [-0.39, 0.29) is 24.3 Å². The number of ether oxygens (including phenoxy) is 1. The second kappa shape index (κ2) is 7.55. The van der Waals surface area contributed by atoms with Crippen LogP contribution in [0.1, 0.15) is 36.8 Å². The lowest BCUT2D eigenvalue weighted by atomic mass is 9.79. The van der Waals surface area contributed by atoms with Crippen molar-refractivity contribution in [3.63, 3.8) is 0 Å². The number of carbonyl (C=O) groups is 1. The van der Waals surface area contributed by atoms with Gasteiger partial charge in [0.25, 0.3) is 0 Å². The normalized spacial score (nSPS) is 22.0. The highest BCUT2D eigenvalue weighted by molar-refractivity contribution is 5.72. The zero-order valence-electron chi connectivity index (χ0n) is 12.5. The Morgan fingerprint density at radius 2 is 2.05 bits per heavy atom. The van der Waals surface area contributed by atoms with Crippen LogP contribution in [0, 0.1) is 17.7 Å². The van der Waals surface area contributed by atoms with Crippen molar-refractivity contribution < 1.29 is 19.0 Å². The van der Waals surface area contributed by atoms with Gasteiger partial charge in [0.1, 0.15) is 5.82 Å². The summed E-state index contributed by atoms with van der Waals surface area (Å²) in [7, 11) is 1.44. The van der Waals surface area contributed by atoms with Gasteiger partial charge in [-0.25, -0.2) is 4.39 Å². The standard InChI is InChI=1S/C17H23FO3/c1-21-17(20)15-6-2-12(3-7-15)10-13-4-5-14(8-9-19)16(18)11-13/h4-5,11-12,15,19H,2-3,6-10H2,1H3. The number of halogens is 1. The van der Waals surface area contributed by atoms with Gasteiger partial charge in [0.05, 0.1) is 13.0 Å².